The minimum Gasteiger partial charge on any atom is -0.427 e. The molecule has 0 aliphatic heterocycles. The first-order valence-electron chi connectivity index (χ1n) is 9.05. The largest absolute Gasteiger partial charge is 0.474 e. The first kappa shape index (κ1) is 25.5. The number of aromatic nitrogens is 5. The Labute approximate surface area is 207 Å². The number of primary amides is 1. The molecule has 3 rings (SSSR count). The Kier molecular flexibility index (Phi) is 7.25. The summed E-state index contributed by atoms with van der Waals surface area (Å²) >= 11 is 6.09. The number of nitrogens with two attached hydrogens (primary N) is 1. The monoisotopic (exact) mass is 613 g/mol. The van der Waals surface area contributed by atoms with E-state index in [1.165, 1.54) is 24.0 Å². The topological polar surface area (TPSA) is 138 Å². The van der Waals surface area contributed by atoms with Gasteiger partial charge in [0, 0.05) is 39.2 Å². The number of amides is 2. The van der Waals surface area contributed by atoms with E-state index in [4.69, 9.17) is 17.3 Å². The number of carbonyl (C=O) groups excluding carboxylic acids is 2. The highest BCUT2D eigenvalue weighted by Crippen LogP contribution is 2.41. The Bertz CT molecular complexity index is 1240. The summed E-state index contributed by atoms with van der Waals surface area (Å²) in [6.07, 6.45) is -2.59. The highest BCUT2D eigenvalue weighted by atomic mass is 127. The Morgan fingerprint density at radius 2 is 1.85 bits per heavy atom. The molecule has 0 bridgehead atoms. The number of carbonyl (C=O) groups is 2. The van der Waals surface area contributed by atoms with Crippen LogP contribution >= 0.6 is 34.2 Å². The van der Waals surface area contributed by atoms with Crippen LogP contribution in [0.5, 0.6) is 5.75 Å². The van der Waals surface area contributed by atoms with Crippen LogP contribution in [0.1, 0.15) is 39.6 Å². The van der Waals surface area contributed by atoms with Crippen molar-refractivity contribution < 1.29 is 31.9 Å². The van der Waals surface area contributed by atoms with Crippen LogP contribution in [0.3, 0.4) is 0 Å². The van der Waals surface area contributed by atoms with Gasteiger partial charge in [-0.3, -0.25) is 9.59 Å². The molecule has 3 aromatic rings. The number of benzene rings is 1. The van der Waals surface area contributed by atoms with Crippen LogP contribution in [0, 0.1) is 0 Å². The zero-order valence-corrected chi connectivity index (χ0v) is 19.8. The maximum atomic E-state index is 13.6. The molecule has 0 saturated carbocycles. The molecule has 0 aliphatic rings. The summed E-state index contributed by atoms with van der Waals surface area (Å²) < 4.78 is 54.1. The summed E-state index contributed by atoms with van der Waals surface area (Å²) in [5.74, 6) is -2.03. The van der Waals surface area contributed by atoms with Crippen LogP contribution < -0.4 is 15.8 Å². The van der Waals surface area contributed by atoms with Crippen LogP contribution in [0.4, 0.5) is 17.6 Å². The molecule has 0 fully saturated rings. The summed E-state index contributed by atoms with van der Waals surface area (Å²) in [6, 6.07) is 3.26. The highest BCUT2D eigenvalue weighted by molar-refractivity contribution is 14.1. The molecule has 180 valence electrons. The van der Waals surface area contributed by atoms with Crippen molar-refractivity contribution in [3.8, 4) is 11.6 Å². The molecule has 1 aromatic carbocycles. The number of alkyl halides is 5. The third-order valence-electron chi connectivity index (χ3n) is 4.14. The fourth-order valence-corrected chi connectivity index (χ4v) is 2.96. The second-order valence-corrected chi connectivity index (χ2v) is 8.43. The van der Waals surface area contributed by atoms with Gasteiger partial charge in [-0.15, -0.1) is 0 Å². The second-order valence-electron chi connectivity index (χ2n) is 6.64. The zero-order valence-electron chi connectivity index (χ0n) is 16.8. The molecule has 0 radical (unpaired) electrons. The lowest BCUT2D eigenvalue weighted by atomic mass is 10.2. The van der Waals surface area contributed by atoms with Crippen molar-refractivity contribution in [1.29, 1.82) is 0 Å². The molecule has 34 heavy (non-hydrogen) atoms. The average molecular weight is 614 g/mol. The number of hydrogen-bond acceptors (Lipinski definition) is 7. The summed E-state index contributed by atoms with van der Waals surface area (Å²) in [4.78, 5) is 35.8. The minimum atomic E-state index is -4.85. The van der Waals surface area contributed by atoms with Gasteiger partial charge in [-0.05, 0) is 25.1 Å². The van der Waals surface area contributed by atoms with E-state index in [0.717, 1.165) is 24.5 Å². The van der Waals surface area contributed by atoms with Crippen molar-refractivity contribution in [3.05, 3.63) is 59.0 Å². The summed E-state index contributed by atoms with van der Waals surface area (Å²) in [5.41, 5.74) is 4.88. The maximum Gasteiger partial charge on any atom is 0.474 e. The fraction of sp³-hybridized carbons (Fsp3) is 0.222. The van der Waals surface area contributed by atoms with E-state index in [9.17, 15) is 27.2 Å². The Balaban J connectivity index is 1.83. The van der Waals surface area contributed by atoms with Gasteiger partial charge in [0.15, 0.2) is 11.6 Å². The van der Waals surface area contributed by atoms with Gasteiger partial charge < -0.3 is 15.8 Å². The van der Waals surface area contributed by atoms with E-state index in [-0.39, 0.29) is 50.5 Å². The molecule has 0 saturated heterocycles. The molecule has 2 heterocycles. The van der Waals surface area contributed by atoms with Crippen molar-refractivity contribution >= 4 is 46.0 Å². The van der Waals surface area contributed by atoms with Gasteiger partial charge in [-0.2, -0.15) is 27.3 Å². The first-order chi connectivity index (χ1) is 15.8. The van der Waals surface area contributed by atoms with Crippen molar-refractivity contribution in [3.63, 3.8) is 0 Å². The maximum absolute atomic E-state index is 13.6. The smallest absolute Gasteiger partial charge is 0.427 e. The van der Waals surface area contributed by atoms with Crippen molar-refractivity contribution in [2.24, 2.45) is 5.73 Å². The Morgan fingerprint density at radius 3 is 2.50 bits per heavy atom. The summed E-state index contributed by atoms with van der Waals surface area (Å²) in [6.45, 7) is 1.53. The third-order valence-corrected chi connectivity index (χ3v) is 4.99. The van der Waals surface area contributed by atoms with Crippen molar-refractivity contribution in [2.75, 3.05) is 0 Å². The standard InChI is InChI=1S/C18H13ClF4IN7O3/c1-8(15-28-7-29-31(15)13-5-12(14(25)32)26-6-27-13)30-16(33)9-2-10(19)4-11(3-9)34-18(22,23)17(20,21)24/h2-8H,1H3,(H2,25,32)(H,30,33). The van der Waals surface area contributed by atoms with Gasteiger partial charge in [-0.1, -0.05) is 11.6 Å². The highest BCUT2D eigenvalue weighted by Gasteiger charge is 2.57. The number of nitrogens with one attached hydrogen (secondary N) is 1. The average Bonchev–Trinajstić information content (AvgIpc) is 3.22. The lowest BCUT2D eigenvalue weighted by Crippen LogP contribution is -2.40. The van der Waals surface area contributed by atoms with Gasteiger partial charge in [-0.25, -0.2) is 15.0 Å². The molecular formula is C18H13ClF4IN7O3. The zero-order chi connectivity index (χ0) is 25.3. The molecule has 0 spiro atoms. The number of halogens is 6. The first-order valence-corrected chi connectivity index (χ1v) is 10.5. The molecular weight excluding hydrogens is 601 g/mol. The molecule has 1 atom stereocenters. The predicted octanol–water partition coefficient (Wildman–Crippen LogP) is 3.30. The van der Waals surface area contributed by atoms with Crippen LogP contribution in [-0.2, 0) is 0 Å². The number of hydrogen-bond donors (Lipinski definition) is 2. The van der Waals surface area contributed by atoms with Crippen molar-refractivity contribution in [1.82, 2.24) is 30.0 Å². The quantitative estimate of drug-likeness (QED) is 0.226. The SMILES string of the molecule is CC(NC(=O)c1cc(Cl)cc(OC(F)(F)C(F)(F)I)c1)c1ncnn1-c1cc(C(N)=O)ncn1. The van der Waals surface area contributed by atoms with E-state index in [1.807, 2.05) is 0 Å². The second kappa shape index (κ2) is 9.65. The van der Waals surface area contributed by atoms with Crippen molar-refractivity contribution in [2.45, 2.75) is 23.0 Å². The summed E-state index contributed by atoms with van der Waals surface area (Å²) in [7, 11) is 0. The van der Waals surface area contributed by atoms with Crippen LogP contribution in [0.15, 0.2) is 36.9 Å². The van der Waals surface area contributed by atoms with Gasteiger partial charge >= 0.3 is 10.0 Å². The van der Waals surface area contributed by atoms with E-state index in [0.29, 0.717) is 0 Å². The van der Waals surface area contributed by atoms with Gasteiger partial charge in [0.2, 0.25) is 0 Å². The minimum absolute atomic E-state index is 0.0801. The van der Waals surface area contributed by atoms with E-state index in [2.05, 4.69) is 30.1 Å². The Morgan fingerprint density at radius 1 is 1.15 bits per heavy atom. The number of rotatable bonds is 8. The lowest BCUT2D eigenvalue weighted by Gasteiger charge is -2.22. The molecule has 16 heteroatoms. The predicted molar refractivity (Wildman–Crippen MR) is 117 cm³/mol. The van der Waals surface area contributed by atoms with Crippen LogP contribution in [-0.4, -0.2) is 46.6 Å². The van der Waals surface area contributed by atoms with E-state index in [1.54, 1.807) is 0 Å². The third kappa shape index (κ3) is 5.69. The Hall–Kier alpha value is -3.08. The fourth-order valence-electron chi connectivity index (χ4n) is 2.62. The molecule has 1 unspecified atom stereocenters. The lowest BCUT2D eigenvalue weighted by molar-refractivity contribution is -0.261. The molecule has 2 amide bonds. The van der Waals surface area contributed by atoms with Gasteiger partial charge in [0.25, 0.3) is 11.8 Å². The number of nitrogens with zero attached hydrogens (tertiary/aromatic N) is 5. The molecule has 3 N–H and O–H groups in total. The van der Waals surface area contributed by atoms with Gasteiger partial charge in [0.1, 0.15) is 24.1 Å². The van der Waals surface area contributed by atoms with E-state index >= 15 is 0 Å². The summed E-state index contributed by atoms with van der Waals surface area (Å²) in [5, 5.41) is 6.34. The van der Waals surface area contributed by atoms with E-state index < -0.39 is 33.6 Å². The number of ether oxygens (including phenoxy) is 1. The molecule has 2 aromatic heterocycles. The molecule has 0 aliphatic carbocycles. The normalized spacial score (nSPS) is 12.8. The van der Waals surface area contributed by atoms with Gasteiger partial charge in [0.05, 0.1) is 6.04 Å². The van der Waals surface area contributed by atoms with Crippen LogP contribution in [0.25, 0.3) is 5.82 Å². The van der Waals surface area contributed by atoms with Crippen LogP contribution in [0.2, 0.25) is 5.02 Å². The molecule has 10 nitrogen and oxygen atoms in total.